The molecule has 1 atom stereocenters. The number of aliphatic hydroxyl groups is 1. The summed E-state index contributed by atoms with van der Waals surface area (Å²) in [6.45, 7) is 3.41. The van der Waals surface area contributed by atoms with Gasteiger partial charge in [0.2, 0.25) is 0 Å². The average molecular weight is 216 g/mol. The predicted molar refractivity (Wildman–Crippen MR) is 56.3 cm³/mol. The van der Waals surface area contributed by atoms with Crippen LogP contribution in [0.3, 0.4) is 0 Å². The Morgan fingerprint density at radius 3 is 3.14 bits per heavy atom. The first kappa shape index (κ1) is 11.6. The molecule has 1 aromatic rings. The highest BCUT2D eigenvalue weighted by Gasteiger charge is 2.11. The summed E-state index contributed by atoms with van der Waals surface area (Å²) < 4.78 is 5.11. The maximum Gasteiger partial charge on any atom is 0.129 e. The lowest BCUT2D eigenvalue weighted by Gasteiger charge is -2.06. The van der Waals surface area contributed by atoms with Gasteiger partial charge in [-0.05, 0) is 13.5 Å². The first-order chi connectivity index (χ1) is 6.77. The number of nitrogens with zero attached hydrogens (tertiary/aromatic N) is 1. The third-order valence-corrected chi connectivity index (χ3v) is 2.73. The van der Waals surface area contributed by atoms with Crippen LogP contribution in [0.4, 0.5) is 0 Å². The molecule has 1 unspecified atom stereocenters. The van der Waals surface area contributed by atoms with Crippen LogP contribution >= 0.6 is 11.3 Å². The molecule has 4 nitrogen and oxygen atoms in total. The second kappa shape index (κ2) is 6.08. The Hall–Kier alpha value is -0.490. The zero-order chi connectivity index (χ0) is 10.4. The molecule has 0 aliphatic carbocycles. The van der Waals surface area contributed by atoms with E-state index < -0.39 is 6.10 Å². The predicted octanol–water partition coefficient (Wildman–Crippen LogP) is 0.714. The Labute approximate surface area is 87.7 Å². The van der Waals surface area contributed by atoms with Gasteiger partial charge in [-0.25, -0.2) is 4.98 Å². The Bertz CT molecular complexity index is 265. The zero-order valence-corrected chi connectivity index (χ0v) is 9.09. The van der Waals surface area contributed by atoms with Crippen molar-refractivity contribution in [3.05, 3.63) is 16.1 Å². The van der Waals surface area contributed by atoms with E-state index in [0.717, 1.165) is 12.1 Å². The molecule has 0 bridgehead atoms. The third kappa shape index (κ3) is 3.34. The van der Waals surface area contributed by atoms with E-state index in [2.05, 4.69) is 4.98 Å². The van der Waals surface area contributed by atoms with Gasteiger partial charge in [-0.15, -0.1) is 11.3 Å². The molecule has 14 heavy (non-hydrogen) atoms. The first-order valence-electron chi connectivity index (χ1n) is 4.68. The van der Waals surface area contributed by atoms with Gasteiger partial charge in [0.1, 0.15) is 11.1 Å². The Morgan fingerprint density at radius 2 is 2.50 bits per heavy atom. The first-order valence-corrected chi connectivity index (χ1v) is 5.56. The van der Waals surface area contributed by atoms with Crippen LogP contribution in [0.1, 0.15) is 23.7 Å². The molecule has 0 saturated carbocycles. The number of hydrogen-bond acceptors (Lipinski definition) is 5. The normalized spacial score (nSPS) is 13.1. The van der Waals surface area contributed by atoms with Crippen molar-refractivity contribution >= 4 is 11.3 Å². The summed E-state index contributed by atoms with van der Waals surface area (Å²) >= 11 is 1.45. The summed E-state index contributed by atoms with van der Waals surface area (Å²) in [5, 5.41) is 12.3. The molecule has 1 rings (SSSR count). The van der Waals surface area contributed by atoms with E-state index >= 15 is 0 Å². The number of aromatic nitrogens is 1. The molecule has 0 aliphatic rings. The molecule has 1 aromatic heterocycles. The summed E-state index contributed by atoms with van der Waals surface area (Å²) in [5.74, 6) is 0. The van der Waals surface area contributed by atoms with Gasteiger partial charge in [0.25, 0.3) is 0 Å². The number of hydrogen-bond donors (Lipinski definition) is 2. The van der Waals surface area contributed by atoms with Gasteiger partial charge >= 0.3 is 0 Å². The van der Waals surface area contributed by atoms with Crippen LogP contribution in [0.5, 0.6) is 0 Å². The lowest BCUT2D eigenvalue weighted by Crippen LogP contribution is -2.07. The lowest BCUT2D eigenvalue weighted by molar-refractivity contribution is 0.0418. The van der Waals surface area contributed by atoms with Crippen LogP contribution in [-0.2, 0) is 11.2 Å². The highest BCUT2D eigenvalue weighted by Crippen LogP contribution is 2.18. The quantitative estimate of drug-likeness (QED) is 0.735. The van der Waals surface area contributed by atoms with E-state index in [0.29, 0.717) is 24.8 Å². The Kier molecular flexibility index (Phi) is 5.03. The molecule has 3 N–H and O–H groups in total. The number of nitrogens with two attached hydrogens (primary N) is 1. The van der Waals surface area contributed by atoms with Gasteiger partial charge in [0.15, 0.2) is 0 Å². The number of rotatable bonds is 6. The largest absolute Gasteiger partial charge is 0.383 e. The second-order valence-electron chi connectivity index (χ2n) is 2.89. The van der Waals surface area contributed by atoms with Crippen molar-refractivity contribution in [1.82, 2.24) is 4.98 Å². The second-order valence-corrected chi connectivity index (χ2v) is 3.78. The minimum atomic E-state index is -0.605. The van der Waals surface area contributed by atoms with Crippen molar-refractivity contribution in [2.24, 2.45) is 5.73 Å². The van der Waals surface area contributed by atoms with Gasteiger partial charge in [-0.1, -0.05) is 0 Å². The van der Waals surface area contributed by atoms with E-state index in [9.17, 15) is 5.11 Å². The molecule has 0 aliphatic heterocycles. The monoisotopic (exact) mass is 216 g/mol. The maximum absolute atomic E-state index is 9.62. The van der Waals surface area contributed by atoms with Crippen LogP contribution in [0.15, 0.2) is 5.38 Å². The molecule has 80 valence electrons. The molecule has 0 fully saturated rings. The fourth-order valence-corrected chi connectivity index (χ4v) is 1.86. The fraction of sp³-hybridized carbons (Fsp3) is 0.667. The van der Waals surface area contributed by atoms with E-state index in [1.807, 2.05) is 12.3 Å². The van der Waals surface area contributed by atoms with Crippen molar-refractivity contribution < 1.29 is 9.84 Å². The summed E-state index contributed by atoms with van der Waals surface area (Å²) in [4.78, 5) is 4.26. The van der Waals surface area contributed by atoms with E-state index in [1.54, 1.807) is 0 Å². The molecule has 5 heteroatoms. The third-order valence-electron chi connectivity index (χ3n) is 1.73. The number of thiazole rings is 1. The Balaban J connectivity index is 2.48. The van der Waals surface area contributed by atoms with Gasteiger partial charge in [0.05, 0.1) is 12.3 Å². The molecule has 0 amide bonds. The highest BCUT2D eigenvalue weighted by molar-refractivity contribution is 7.09. The smallest absolute Gasteiger partial charge is 0.129 e. The molecule has 0 spiro atoms. The van der Waals surface area contributed by atoms with Crippen LogP contribution in [0.25, 0.3) is 0 Å². The van der Waals surface area contributed by atoms with Crippen molar-refractivity contribution in [2.75, 3.05) is 19.8 Å². The van der Waals surface area contributed by atoms with Gasteiger partial charge in [-0.3, -0.25) is 0 Å². The highest BCUT2D eigenvalue weighted by atomic mass is 32.1. The minimum Gasteiger partial charge on any atom is -0.383 e. The van der Waals surface area contributed by atoms with Gasteiger partial charge in [0, 0.05) is 18.4 Å². The van der Waals surface area contributed by atoms with Gasteiger partial charge < -0.3 is 15.6 Å². The topological polar surface area (TPSA) is 68.4 Å². The molecule has 0 aromatic carbocycles. The molecule has 1 heterocycles. The van der Waals surface area contributed by atoms with Gasteiger partial charge in [-0.2, -0.15) is 0 Å². The molecule has 0 radical (unpaired) electrons. The Morgan fingerprint density at radius 1 is 1.71 bits per heavy atom. The molecular formula is C9H16N2O2S. The maximum atomic E-state index is 9.62. The average Bonchev–Trinajstić information content (AvgIpc) is 2.63. The molecule has 0 saturated heterocycles. The van der Waals surface area contributed by atoms with E-state index in [1.165, 1.54) is 11.3 Å². The molecular weight excluding hydrogens is 200 g/mol. The summed E-state index contributed by atoms with van der Waals surface area (Å²) in [6.07, 6.45) is 0.157. The number of aliphatic hydroxyl groups excluding tert-OH is 1. The van der Waals surface area contributed by atoms with Crippen LogP contribution in [0.2, 0.25) is 0 Å². The summed E-state index contributed by atoms with van der Waals surface area (Å²) in [5.41, 5.74) is 6.35. The summed E-state index contributed by atoms with van der Waals surface area (Å²) in [7, 11) is 0. The van der Waals surface area contributed by atoms with E-state index in [4.69, 9.17) is 10.5 Å². The van der Waals surface area contributed by atoms with Crippen LogP contribution in [-0.4, -0.2) is 29.8 Å². The number of ether oxygens (including phenoxy) is 1. The van der Waals surface area contributed by atoms with Crippen molar-refractivity contribution in [3.8, 4) is 0 Å². The SMILES string of the molecule is CCOCC(O)c1nc(CCN)cs1. The standard InChI is InChI=1S/C9H16N2O2S/c1-2-13-5-8(12)9-11-7(3-4-10)6-14-9/h6,8,12H,2-5,10H2,1H3. The van der Waals surface area contributed by atoms with Crippen molar-refractivity contribution in [1.29, 1.82) is 0 Å². The van der Waals surface area contributed by atoms with Crippen LogP contribution < -0.4 is 5.73 Å². The van der Waals surface area contributed by atoms with E-state index in [-0.39, 0.29) is 0 Å². The fourth-order valence-electron chi connectivity index (χ4n) is 1.04. The lowest BCUT2D eigenvalue weighted by atomic mass is 10.3. The minimum absolute atomic E-state index is 0.312. The summed E-state index contributed by atoms with van der Waals surface area (Å²) in [6, 6.07) is 0. The van der Waals surface area contributed by atoms with Crippen LogP contribution in [0, 0.1) is 0 Å². The van der Waals surface area contributed by atoms with Crippen molar-refractivity contribution in [2.45, 2.75) is 19.4 Å². The zero-order valence-electron chi connectivity index (χ0n) is 8.27. The van der Waals surface area contributed by atoms with Crippen molar-refractivity contribution in [3.63, 3.8) is 0 Å².